The lowest BCUT2D eigenvalue weighted by molar-refractivity contribution is -0.135. The number of halogens is 2. The summed E-state index contributed by atoms with van der Waals surface area (Å²) in [5.41, 5.74) is 6.95. The van der Waals surface area contributed by atoms with Gasteiger partial charge in [-0.1, -0.05) is 38.3 Å². The topological polar surface area (TPSA) is 46.3 Å². The van der Waals surface area contributed by atoms with Crippen molar-refractivity contribution in [2.24, 2.45) is 17.1 Å². The van der Waals surface area contributed by atoms with E-state index in [4.69, 9.17) is 5.73 Å². The number of likely N-dealkylation sites (tertiary alicyclic amines) is 1. The third kappa shape index (κ3) is 4.35. The van der Waals surface area contributed by atoms with Gasteiger partial charge in [0.2, 0.25) is 5.91 Å². The molecule has 3 nitrogen and oxygen atoms in total. The lowest BCUT2D eigenvalue weighted by atomic mass is 9.71. The molecule has 0 aromatic heterocycles. The third-order valence-electron chi connectivity index (χ3n) is 6.08. The molecule has 25 heavy (non-hydrogen) atoms. The quantitative estimate of drug-likeness (QED) is 0.853. The number of carbonyl (C=O) groups is 1. The number of amides is 1. The molecule has 140 valence electrons. The summed E-state index contributed by atoms with van der Waals surface area (Å²) in [5, 5.41) is 0. The molecular weight excluding hydrogens is 339 g/mol. The second-order valence-electron chi connectivity index (χ2n) is 7.79. The Labute approximate surface area is 156 Å². The van der Waals surface area contributed by atoms with Crippen molar-refractivity contribution in [3.63, 3.8) is 0 Å². The van der Waals surface area contributed by atoms with Crippen LogP contribution in [0.15, 0.2) is 24.3 Å². The van der Waals surface area contributed by atoms with Gasteiger partial charge in [0.1, 0.15) is 5.82 Å². The van der Waals surface area contributed by atoms with Crippen molar-refractivity contribution in [1.82, 2.24) is 4.90 Å². The van der Waals surface area contributed by atoms with Crippen LogP contribution in [0.3, 0.4) is 0 Å². The lowest BCUT2D eigenvalue weighted by Gasteiger charge is -2.38. The van der Waals surface area contributed by atoms with Gasteiger partial charge < -0.3 is 10.6 Å². The number of nitrogens with two attached hydrogens (primary N) is 1. The zero-order chi connectivity index (χ0) is 17.2. The van der Waals surface area contributed by atoms with Gasteiger partial charge in [0.15, 0.2) is 0 Å². The van der Waals surface area contributed by atoms with Gasteiger partial charge in [-0.3, -0.25) is 4.79 Å². The Morgan fingerprint density at radius 3 is 2.68 bits per heavy atom. The minimum atomic E-state index is -0.232. The number of nitrogens with zero attached hydrogens (tertiary/aromatic N) is 1. The largest absolute Gasteiger partial charge is 0.335 e. The molecule has 1 aliphatic heterocycles. The first-order valence-corrected chi connectivity index (χ1v) is 9.30. The Morgan fingerprint density at radius 2 is 2.04 bits per heavy atom. The summed E-state index contributed by atoms with van der Waals surface area (Å²) in [5.74, 6) is 0.321. The van der Waals surface area contributed by atoms with Crippen LogP contribution < -0.4 is 5.73 Å². The minimum Gasteiger partial charge on any atom is -0.335 e. The maximum Gasteiger partial charge on any atom is 0.223 e. The molecule has 3 rings (SSSR count). The Morgan fingerprint density at radius 1 is 1.32 bits per heavy atom. The second kappa shape index (κ2) is 8.50. The van der Waals surface area contributed by atoms with Gasteiger partial charge in [-0.2, -0.15) is 0 Å². The average molecular weight is 369 g/mol. The van der Waals surface area contributed by atoms with E-state index in [1.807, 2.05) is 11.0 Å². The van der Waals surface area contributed by atoms with Gasteiger partial charge in [-0.25, -0.2) is 4.39 Å². The fourth-order valence-electron chi connectivity index (χ4n) is 4.60. The van der Waals surface area contributed by atoms with Crippen molar-refractivity contribution in [2.75, 3.05) is 13.1 Å². The van der Waals surface area contributed by atoms with Gasteiger partial charge in [-0.05, 0) is 54.8 Å². The van der Waals surface area contributed by atoms with E-state index in [0.717, 1.165) is 31.4 Å². The van der Waals surface area contributed by atoms with E-state index >= 15 is 0 Å². The molecule has 0 radical (unpaired) electrons. The first-order valence-electron chi connectivity index (χ1n) is 9.30. The highest BCUT2D eigenvalue weighted by molar-refractivity contribution is 5.85. The van der Waals surface area contributed by atoms with Crippen molar-refractivity contribution < 1.29 is 9.18 Å². The number of carbonyl (C=O) groups excluding carboxylic acids is 1. The van der Waals surface area contributed by atoms with E-state index in [9.17, 15) is 9.18 Å². The van der Waals surface area contributed by atoms with E-state index < -0.39 is 0 Å². The molecule has 5 heteroatoms. The Hall–Kier alpha value is -1.13. The summed E-state index contributed by atoms with van der Waals surface area (Å²) < 4.78 is 13.6. The summed E-state index contributed by atoms with van der Waals surface area (Å²) in [6, 6.07) is 6.70. The van der Waals surface area contributed by atoms with Crippen LogP contribution >= 0.6 is 12.4 Å². The zero-order valence-electron chi connectivity index (χ0n) is 15.0. The van der Waals surface area contributed by atoms with Crippen LogP contribution in [0.5, 0.6) is 0 Å². The second-order valence-corrected chi connectivity index (χ2v) is 7.79. The maximum atomic E-state index is 13.6. The number of hydrogen-bond donors (Lipinski definition) is 1. The molecule has 2 fully saturated rings. The smallest absolute Gasteiger partial charge is 0.223 e. The minimum absolute atomic E-state index is 0. The van der Waals surface area contributed by atoms with E-state index in [0.29, 0.717) is 18.9 Å². The molecular formula is C20H30ClFN2O. The van der Waals surface area contributed by atoms with E-state index in [1.54, 1.807) is 12.1 Å². The van der Waals surface area contributed by atoms with Gasteiger partial charge in [-0.15, -0.1) is 12.4 Å². The highest BCUT2D eigenvalue weighted by Gasteiger charge is 2.40. The van der Waals surface area contributed by atoms with Crippen molar-refractivity contribution in [2.45, 2.75) is 57.9 Å². The summed E-state index contributed by atoms with van der Waals surface area (Å²) >= 11 is 0. The first-order chi connectivity index (χ1) is 11.5. The molecule has 0 spiro atoms. The van der Waals surface area contributed by atoms with E-state index in [1.165, 1.54) is 25.3 Å². The lowest BCUT2D eigenvalue weighted by Crippen LogP contribution is -2.40. The van der Waals surface area contributed by atoms with Crippen molar-refractivity contribution in [3.05, 3.63) is 35.6 Å². The zero-order valence-corrected chi connectivity index (χ0v) is 15.9. The first kappa shape index (κ1) is 20.2. The normalized spacial score (nSPS) is 25.5. The third-order valence-corrected chi connectivity index (χ3v) is 6.08. The molecule has 1 aromatic carbocycles. The highest BCUT2D eigenvalue weighted by atomic mass is 35.5. The van der Waals surface area contributed by atoms with Crippen LogP contribution in [0.25, 0.3) is 0 Å². The van der Waals surface area contributed by atoms with Gasteiger partial charge >= 0.3 is 0 Å². The maximum absolute atomic E-state index is 13.6. The summed E-state index contributed by atoms with van der Waals surface area (Å²) in [7, 11) is 0. The molecule has 2 aliphatic rings. The molecule has 1 aliphatic carbocycles. The molecule has 2 unspecified atom stereocenters. The van der Waals surface area contributed by atoms with Crippen LogP contribution in [0.4, 0.5) is 4.39 Å². The molecule has 2 N–H and O–H groups in total. The predicted octanol–water partition coefficient (Wildman–Crippen LogP) is 4.46. The van der Waals surface area contributed by atoms with E-state index in [2.05, 4.69) is 6.92 Å². The van der Waals surface area contributed by atoms with Crippen LogP contribution in [0, 0.1) is 17.2 Å². The number of benzene rings is 1. The number of hydrogen-bond acceptors (Lipinski definition) is 2. The Balaban J connectivity index is 0.00000225. The highest BCUT2D eigenvalue weighted by Crippen LogP contribution is 2.42. The molecule has 0 bridgehead atoms. The molecule has 1 amide bonds. The fourth-order valence-corrected chi connectivity index (χ4v) is 4.60. The molecule has 1 heterocycles. The predicted molar refractivity (Wildman–Crippen MR) is 101 cm³/mol. The van der Waals surface area contributed by atoms with Crippen LogP contribution in [0.1, 0.15) is 63.5 Å². The van der Waals surface area contributed by atoms with Crippen LogP contribution in [-0.2, 0) is 4.79 Å². The van der Waals surface area contributed by atoms with Crippen molar-refractivity contribution >= 4 is 18.3 Å². The molecule has 1 aromatic rings. The summed E-state index contributed by atoms with van der Waals surface area (Å²) in [6.07, 6.45) is 7.24. The van der Waals surface area contributed by atoms with Crippen molar-refractivity contribution in [3.8, 4) is 0 Å². The van der Waals surface area contributed by atoms with Gasteiger partial charge in [0.25, 0.3) is 0 Å². The van der Waals surface area contributed by atoms with Crippen LogP contribution in [-0.4, -0.2) is 23.9 Å². The molecule has 1 saturated carbocycles. The SMILES string of the molecule is CC1CCN(C(=O)CC2(CN)CCCCC2)C1c1cccc(F)c1.Cl. The van der Waals surface area contributed by atoms with Crippen molar-refractivity contribution in [1.29, 1.82) is 0 Å². The molecule has 2 atom stereocenters. The monoisotopic (exact) mass is 368 g/mol. The van der Waals surface area contributed by atoms with Gasteiger partial charge in [0, 0.05) is 13.0 Å². The Kier molecular flexibility index (Phi) is 6.86. The molecule has 1 saturated heterocycles. The van der Waals surface area contributed by atoms with E-state index in [-0.39, 0.29) is 35.6 Å². The summed E-state index contributed by atoms with van der Waals surface area (Å²) in [4.78, 5) is 15.0. The fraction of sp³-hybridized carbons (Fsp3) is 0.650. The Bertz CT molecular complexity index is 589. The summed E-state index contributed by atoms with van der Waals surface area (Å²) in [6.45, 7) is 3.51. The number of rotatable bonds is 4. The van der Waals surface area contributed by atoms with Gasteiger partial charge in [0.05, 0.1) is 6.04 Å². The average Bonchev–Trinajstić information content (AvgIpc) is 2.97. The standard InChI is InChI=1S/C20H29FN2O.ClH/c1-15-8-11-23(19(15)16-6-5-7-17(21)12-16)18(24)13-20(14-22)9-3-2-4-10-20;/h5-7,12,15,19H,2-4,8-11,13-14,22H2,1H3;1H. The van der Waals surface area contributed by atoms with Crippen LogP contribution in [0.2, 0.25) is 0 Å².